The van der Waals surface area contributed by atoms with Crippen LogP contribution in [0.2, 0.25) is 0 Å². The van der Waals surface area contributed by atoms with Crippen molar-refractivity contribution in [2.45, 2.75) is 54.4 Å². The minimum absolute atomic E-state index is 0.878. The molecule has 0 aromatic carbocycles. The average Bonchev–Trinajstić information content (AvgIpc) is 3.54. The summed E-state index contributed by atoms with van der Waals surface area (Å²) in [6.45, 7) is 13.0. The molecule has 5 aliphatic heterocycles. The second-order valence-corrected chi connectivity index (χ2v) is 8.66. The van der Waals surface area contributed by atoms with E-state index in [9.17, 15) is 0 Å². The normalized spacial score (nSPS) is 22.1. The van der Waals surface area contributed by atoms with Crippen molar-refractivity contribution in [2.24, 2.45) is 20.0 Å². The summed E-state index contributed by atoms with van der Waals surface area (Å²) in [6, 6.07) is 0. The van der Waals surface area contributed by atoms with Crippen molar-refractivity contribution >= 4 is 22.8 Å². The summed E-state index contributed by atoms with van der Waals surface area (Å²) >= 11 is 0. The summed E-state index contributed by atoms with van der Waals surface area (Å²) in [5.41, 5.74) is 15.2. The van der Waals surface area contributed by atoms with E-state index in [1.807, 2.05) is 18.2 Å². The first-order valence-corrected chi connectivity index (χ1v) is 11.4. The molecule has 4 heteroatoms. The zero-order valence-corrected chi connectivity index (χ0v) is 19.7. The molecule has 32 heavy (non-hydrogen) atoms. The number of rotatable bonds is 2. The van der Waals surface area contributed by atoms with Crippen LogP contribution in [-0.4, -0.2) is 22.8 Å². The molecule has 5 heterocycles. The second kappa shape index (κ2) is 7.63. The summed E-state index contributed by atoms with van der Waals surface area (Å²) in [5.74, 6) is 0. The first-order valence-electron chi connectivity index (χ1n) is 11.4. The molecule has 0 unspecified atom stereocenters. The molecule has 0 fully saturated rings. The number of aliphatic imine (C=N–C) groups is 4. The SMILES string of the molecule is CCC1=C2C=CC(=N2)C=C2C=CC(=N2)C=C2N=C(C(C)=C2C)C(C)=C2N=C1C(CC)=C2C. The Kier molecular flexibility index (Phi) is 4.89. The quantitative estimate of drug-likeness (QED) is 0.477. The molecule has 0 saturated carbocycles. The maximum absolute atomic E-state index is 5.21. The molecule has 4 nitrogen and oxygen atoms in total. The Bertz CT molecular complexity index is 1340. The van der Waals surface area contributed by atoms with E-state index in [2.05, 4.69) is 59.8 Å². The van der Waals surface area contributed by atoms with Crippen molar-refractivity contribution in [2.75, 3.05) is 0 Å². The Morgan fingerprint density at radius 3 is 2.06 bits per heavy atom. The highest BCUT2D eigenvalue weighted by molar-refractivity contribution is 6.21. The molecule has 0 radical (unpaired) electrons. The Balaban J connectivity index is 1.81. The van der Waals surface area contributed by atoms with Crippen LogP contribution in [0.15, 0.2) is 113 Å². The Morgan fingerprint density at radius 1 is 0.594 bits per heavy atom. The van der Waals surface area contributed by atoms with Gasteiger partial charge in [-0.2, -0.15) is 0 Å². The predicted octanol–water partition coefficient (Wildman–Crippen LogP) is 6.70. The highest BCUT2D eigenvalue weighted by Gasteiger charge is 2.28. The van der Waals surface area contributed by atoms with Gasteiger partial charge in [0.15, 0.2) is 0 Å². The number of hydrogen-bond acceptors (Lipinski definition) is 4. The van der Waals surface area contributed by atoms with Crippen LogP contribution < -0.4 is 0 Å². The number of nitrogens with zero attached hydrogens (tertiary/aromatic N) is 4. The lowest BCUT2D eigenvalue weighted by Gasteiger charge is -2.10. The van der Waals surface area contributed by atoms with E-state index in [-0.39, 0.29) is 0 Å². The van der Waals surface area contributed by atoms with Gasteiger partial charge in [-0.15, -0.1) is 0 Å². The zero-order valence-electron chi connectivity index (χ0n) is 19.7. The molecule has 0 amide bonds. The van der Waals surface area contributed by atoms with Gasteiger partial charge in [-0.1, -0.05) is 13.8 Å². The van der Waals surface area contributed by atoms with Gasteiger partial charge < -0.3 is 0 Å². The van der Waals surface area contributed by atoms with Gasteiger partial charge in [0.25, 0.3) is 0 Å². The van der Waals surface area contributed by atoms with E-state index >= 15 is 0 Å². The first kappa shape index (κ1) is 20.5. The van der Waals surface area contributed by atoms with Crippen LogP contribution in [0, 0.1) is 0 Å². The number of fused-ring (bicyclic) bond motifs is 4. The van der Waals surface area contributed by atoms with Crippen molar-refractivity contribution in [3.8, 4) is 0 Å². The van der Waals surface area contributed by atoms with E-state index in [4.69, 9.17) is 20.0 Å². The molecule has 5 rings (SSSR count). The molecular formula is C28H28N4. The van der Waals surface area contributed by atoms with E-state index in [0.29, 0.717) is 0 Å². The van der Waals surface area contributed by atoms with Crippen molar-refractivity contribution in [1.29, 1.82) is 0 Å². The molecule has 0 spiro atoms. The summed E-state index contributed by atoms with van der Waals surface area (Å²) in [6.07, 6.45) is 14.2. The zero-order chi connectivity index (χ0) is 22.6. The molecule has 0 aromatic heterocycles. The molecule has 0 N–H and O–H groups in total. The maximum Gasteiger partial charge on any atom is 0.0725 e. The fourth-order valence-electron chi connectivity index (χ4n) is 4.85. The van der Waals surface area contributed by atoms with Gasteiger partial charge in [-0.25, -0.2) is 20.0 Å². The van der Waals surface area contributed by atoms with Gasteiger partial charge in [0.05, 0.1) is 45.6 Å². The highest BCUT2D eigenvalue weighted by atomic mass is 14.9. The monoisotopic (exact) mass is 420 g/mol. The molecular weight excluding hydrogens is 392 g/mol. The van der Waals surface area contributed by atoms with E-state index in [1.165, 1.54) is 27.9 Å². The van der Waals surface area contributed by atoms with Gasteiger partial charge in [0, 0.05) is 11.1 Å². The third-order valence-electron chi connectivity index (χ3n) is 6.79. The summed E-state index contributed by atoms with van der Waals surface area (Å²) < 4.78 is 0. The van der Waals surface area contributed by atoms with Gasteiger partial charge in [0.2, 0.25) is 0 Å². The lowest BCUT2D eigenvalue weighted by atomic mass is 9.93. The van der Waals surface area contributed by atoms with E-state index < -0.39 is 0 Å². The third-order valence-corrected chi connectivity index (χ3v) is 6.79. The van der Waals surface area contributed by atoms with Crippen LogP contribution in [0.1, 0.15) is 54.4 Å². The molecule has 0 aromatic rings. The fourth-order valence-corrected chi connectivity index (χ4v) is 4.85. The smallest absolute Gasteiger partial charge is 0.0725 e. The number of allylic oxidation sites excluding steroid dienone is 12. The maximum atomic E-state index is 5.21. The standard InChI is InChI=1S/C28H28N4/c1-7-22-17(5)27-18(6)26-16(4)15(3)25(31-26)14-21-10-9-19(29-21)13-20-11-12-24(30-20)23(8-2)28(22)32-27/h9-14H,7-8H2,1-6H3. The molecule has 0 aliphatic carbocycles. The fraction of sp³-hybridized carbons (Fsp3) is 0.286. The summed E-state index contributed by atoms with van der Waals surface area (Å²) in [7, 11) is 0. The minimum atomic E-state index is 0.878. The van der Waals surface area contributed by atoms with Crippen LogP contribution in [-0.2, 0) is 0 Å². The molecule has 160 valence electrons. The Labute approximate surface area is 190 Å². The van der Waals surface area contributed by atoms with Crippen LogP contribution in [0.25, 0.3) is 0 Å². The van der Waals surface area contributed by atoms with Crippen molar-refractivity contribution < 1.29 is 0 Å². The summed E-state index contributed by atoms with van der Waals surface area (Å²) in [5, 5.41) is 0. The van der Waals surface area contributed by atoms with Crippen LogP contribution in [0.5, 0.6) is 0 Å². The molecule has 0 saturated heterocycles. The number of hydrogen-bond donors (Lipinski definition) is 0. The molecule has 0 atom stereocenters. The van der Waals surface area contributed by atoms with E-state index in [0.717, 1.165) is 64.0 Å². The van der Waals surface area contributed by atoms with E-state index in [1.54, 1.807) is 0 Å². The van der Waals surface area contributed by atoms with Gasteiger partial charge >= 0.3 is 0 Å². The second-order valence-electron chi connectivity index (χ2n) is 8.66. The van der Waals surface area contributed by atoms with Crippen molar-refractivity contribution in [3.05, 3.63) is 92.7 Å². The van der Waals surface area contributed by atoms with Crippen LogP contribution in [0.3, 0.4) is 0 Å². The third kappa shape index (κ3) is 3.13. The Hall–Kier alpha value is -3.40. The lowest BCUT2D eigenvalue weighted by Crippen LogP contribution is -2.06. The van der Waals surface area contributed by atoms with Crippen LogP contribution >= 0.6 is 0 Å². The van der Waals surface area contributed by atoms with Gasteiger partial charge in [-0.05, 0) is 99.3 Å². The average molecular weight is 421 g/mol. The van der Waals surface area contributed by atoms with Crippen molar-refractivity contribution in [3.63, 3.8) is 0 Å². The summed E-state index contributed by atoms with van der Waals surface area (Å²) in [4.78, 5) is 19.9. The molecule has 5 aliphatic rings. The van der Waals surface area contributed by atoms with Gasteiger partial charge in [0.1, 0.15) is 0 Å². The van der Waals surface area contributed by atoms with Crippen molar-refractivity contribution in [1.82, 2.24) is 0 Å². The highest BCUT2D eigenvalue weighted by Crippen LogP contribution is 2.37. The predicted molar refractivity (Wildman–Crippen MR) is 136 cm³/mol. The van der Waals surface area contributed by atoms with Crippen LogP contribution in [0.4, 0.5) is 0 Å². The largest absolute Gasteiger partial charge is 0.249 e. The minimum Gasteiger partial charge on any atom is -0.249 e. The first-order chi connectivity index (χ1) is 15.4. The lowest BCUT2D eigenvalue weighted by molar-refractivity contribution is 1.10. The topological polar surface area (TPSA) is 49.4 Å². The molecule has 8 bridgehead atoms. The Morgan fingerprint density at radius 2 is 1.31 bits per heavy atom. The van der Waals surface area contributed by atoms with Gasteiger partial charge in [-0.3, -0.25) is 0 Å².